The van der Waals surface area contributed by atoms with Crippen molar-refractivity contribution in [3.63, 3.8) is 0 Å². The van der Waals surface area contributed by atoms with Gasteiger partial charge in [0.25, 0.3) is 11.6 Å². The molecule has 0 aliphatic rings. The van der Waals surface area contributed by atoms with Crippen LogP contribution in [-0.4, -0.2) is 22.0 Å². The van der Waals surface area contributed by atoms with Crippen molar-refractivity contribution in [3.8, 4) is 0 Å². The number of halogens is 2. The summed E-state index contributed by atoms with van der Waals surface area (Å²) in [5.41, 5.74) is 0.232. The molecule has 0 saturated carbocycles. The molecule has 0 heterocycles. The molecular weight excluding hydrogens is 351 g/mol. The summed E-state index contributed by atoms with van der Waals surface area (Å²) in [5.74, 6) is -1.14. The minimum atomic E-state index is -1.10. The van der Waals surface area contributed by atoms with Crippen molar-refractivity contribution in [2.45, 2.75) is 26.0 Å². The predicted molar refractivity (Wildman–Crippen MR) is 91.1 cm³/mol. The molecule has 0 spiro atoms. The summed E-state index contributed by atoms with van der Waals surface area (Å²) in [6.07, 6.45) is -1.10. The normalized spacial score (nSPS) is 13.2. The van der Waals surface area contributed by atoms with Crippen molar-refractivity contribution >= 4 is 23.2 Å². The Hall–Kier alpha value is -2.51. The van der Waals surface area contributed by atoms with Crippen LogP contribution < -0.4 is 5.32 Å². The predicted octanol–water partition coefficient (Wildman–Crippen LogP) is 3.55. The van der Waals surface area contributed by atoms with Crippen LogP contribution in [0.15, 0.2) is 36.4 Å². The average Bonchev–Trinajstić information content (AvgIpc) is 2.53. The van der Waals surface area contributed by atoms with E-state index in [-0.39, 0.29) is 10.6 Å². The second kappa shape index (κ2) is 7.58. The van der Waals surface area contributed by atoms with Gasteiger partial charge < -0.3 is 10.4 Å². The van der Waals surface area contributed by atoms with Crippen molar-refractivity contribution in [2.75, 3.05) is 0 Å². The topological polar surface area (TPSA) is 92.5 Å². The molecule has 2 atom stereocenters. The Bertz CT molecular complexity index is 811. The molecular formula is C17H16ClFN2O4. The Morgan fingerprint density at radius 3 is 2.48 bits per heavy atom. The number of rotatable bonds is 5. The highest BCUT2D eigenvalue weighted by Crippen LogP contribution is 2.27. The molecule has 25 heavy (non-hydrogen) atoms. The van der Waals surface area contributed by atoms with Crippen LogP contribution in [0.4, 0.5) is 10.1 Å². The van der Waals surface area contributed by atoms with Gasteiger partial charge in [-0.1, -0.05) is 23.7 Å². The molecule has 0 radical (unpaired) electrons. The summed E-state index contributed by atoms with van der Waals surface area (Å²) in [6.45, 7) is 3.08. The average molecular weight is 367 g/mol. The number of carbonyl (C=O) groups is 1. The molecule has 2 aromatic carbocycles. The van der Waals surface area contributed by atoms with Crippen molar-refractivity contribution in [3.05, 3.63) is 74.0 Å². The Morgan fingerprint density at radius 1 is 1.32 bits per heavy atom. The maximum absolute atomic E-state index is 13.0. The van der Waals surface area contributed by atoms with Gasteiger partial charge in [-0.05, 0) is 43.2 Å². The van der Waals surface area contributed by atoms with Gasteiger partial charge in [-0.25, -0.2) is 4.39 Å². The van der Waals surface area contributed by atoms with E-state index in [0.29, 0.717) is 11.1 Å². The van der Waals surface area contributed by atoms with E-state index in [1.165, 1.54) is 37.3 Å². The van der Waals surface area contributed by atoms with Gasteiger partial charge in [0.15, 0.2) is 0 Å². The van der Waals surface area contributed by atoms with E-state index in [0.717, 1.165) is 6.07 Å². The monoisotopic (exact) mass is 366 g/mol. The number of aliphatic hydroxyl groups is 1. The van der Waals surface area contributed by atoms with Crippen molar-refractivity contribution < 1.29 is 19.2 Å². The third-order valence-corrected chi connectivity index (χ3v) is 3.97. The van der Waals surface area contributed by atoms with Gasteiger partial charge in [-0.3, -0.25) is 14.9 Å². The third-order valence-electron chi connectivity index (χ3n) is 3.75. The quantitative estimate of drug-likeness (QED) is 0.625. The van der Waals surface area contributed by atoms with Gasteiger partial charge in [-0.15, -0.1) is 0 Å². The molecule has 0 aliphatic carbocycles. The summed E-state index contributed by atoms with van der Waals surface area (Å²) >= 11 is 5.81. The zero-order chi connectivity index (χ0) is 18.7. The molecule has 0 bridgehead atoms. The minimum absolute atomic E-state index is 0.118. The van der Waals surface area contributed by atoms with Crippen LogP contribution in [0.2, 0.25) is 5.02 Å². The summed E-state index contributed by atoms with van der Waals surface area (Å²) in [5, 5.41) is 24.1. The number of nitro benzene ring substituents is 1. The Labute approximate surface area is 148 Å². The standard InChI is InChI=1S/C17H16ClFN2O4/c1-9-7-12(18)8-14(21(24)25)15(9)17(23)20-10(2)16(22)11-3-5-13(19)6-4-11/h3-8,10,16,22H,1-2H3,(H,20,23)/t10-,16+/m1/s1. The van der Waals surface area contributed by atoms with E-state index in [1.807, 2.05) is 0 Å². The summed E-state index contributed by atoms with van der Waals surface area (Å²) < 4.78 is 13.0. The lowest BCUT2D eigenvalue weighted by atomic mass is 10.0. The zero-order valence-corrected chi connectivity index (χ0v) is 14.2. The van der Waals surface area contributed by atoms with E-state index < -0.39 is 34.5 Å². The van der Waals surface area contributed by atoms with Gasteiger partial charge in [-0.2, -0.15) is 0 Å². The van der Waals surface area contributed by atoms with E-state index in [9.17, 15) is 24.4 Å². The molecule has 2 aromatic rings. The van der Waals surface area contributed by atoms with Gasteiger partial charge in [0, 0.05) is 11.1 Å². The highest BCUT2D eigenvalue weighted by Gasteiger charge is 2.26. The molecule has 0 aromatic heterocycles. The first-order valence-electron chi connectivity index (χ1n) is 7.39. The first kappa shape index (κ1) is 18.8. The molecule has 2 rings (SSSR count). The number of aryl methyl sites for hydroxylation is 1. The molecule has 0 unspecified atom stereocenters. The second-order valence-electron chi connectivity index (χ2n) is 5.63. The van der Waals surface area contributed by atoms with Crippen LogP contribution in [-0.2, 0) is 0 Å². The van der Waals surface area contributed by atoms with E-state index in [1.54, 1.807) is 6.92 Å². The maximum atomic E-state index is 13.0. The second-order valence-corrected chi connectivity index (χ2v) is 6.07. The molecule has 1 amide bonds. The van der Waals surface area contributed by atoms with E-state index in [2.05, 4.69) is 5.32 Å². The summed E-state index contributed by atoms with van der Waals surface area (Å²) in [4.78, 5) is 23.0. The van der Waals surface area contributed by atoms with Crippen molar-refractivity contribution in [1.82, 2.24) is 5.32 Å². The molecule has 132 valence electrons. The fourth-order valence-electron chi connectivity index (χ4n) is 2.47. The molecule has 2 N–H and O–H groups in total. The first-order valence-corrected chi connectivity index (χ1v) is 7.77. The summed E-state index contributed by atoms with van der Waals surface area (Å²) in [7, 11) is 0. The molecule has 6 nitrogen and oxygen atoms in total. The molecule has 0 saturated heterocycles. The Balaban J connectivity index is 2.24. The van der Waals surface area contributed by atoms with Crippen molar-refractivity contribution in [2.24, 2.45) is 0 Å². The Morgan fingerprint density at radius 2 is 1.92 bits per heavy atom. The number of amides is 1. The maximum Gasteiger partial charge on any atom is 0.283 e. The number of nitrogens with zero attached hydrogens (tertiary/aromatic N) is 1. The third kappa shape index (κ3) is 4.32. The van der Waals surface area contributed by atoms with E-state index >= 15 is 0 Å². The fourth-order valence-corrected chi connectivity index (χ4v) is 2.74. The first-order chi connectivity index (χ1) is 11.7. The number of hydrogen-bond donors (Lipinski definition) is 2. The smallest absolute Gasteiger partial charge is 0.283 e. The SMILES string of the molecule is Cc1cc(Cl)cc([N+](=O)[O-])c1C(=O)N[C@H](C)[C@H](O)c1ccc(F)cc1. The number of aliphatic hydroxyl groups excluding tert-OH is 1. The zero-order valence-electron chi connectivity index (χ0n) is 13.5. The summed E-state index contributed by atoms with van der Waals surface area (Å²) in [6, 6.07) is 6.99. The Kier molecular flexibility index (Phi) is 5.71. The van der Waals surface area contributed by atoms with Gasteiger partial charge in [0.1, 0.15) is 11.4 Å². The van der Waals surface area contributed by atoms with Crippen LogP contribution in [0, 0.1) is 22.9 Å². The largest absolute Gasteiger partial charge is 0.386 e. The highest BCUT2D eigenvalue weighted by molar-refractivity contribution is 6.31. The number of carbonyl (C=O) groups excluding carboxylic acids is 1. The van der Waals surface area contributed by atoms with Crippen LogP contribution in [0.3, 0.4) is 0 Å². The van der Waals surface area contributed by atoms with E-state index in [4.69, 9.17) is 11.6 Å². The number of benzene rings is 2. The van der Waals surface area contributed by atoms with Gasteiger partial charge >= 0.3 is 0 Å². The van der Waals surface area contributed by atoms with Crippen LogP contribution in [0.25, 0.3) is 0 Å². The lowest BCUT2D eigenvalue weighted by Gasteiger charge is -2.21. The minimum Gasteiger partial charge on any atom is -0.386 e. The number of nitro groups is 1. The molecule has 0 fully saturated rings. The van der Waals surface area contributed by atoms with Crippen molar-refractivity contribution in [1.29, 1.82) is 0 Å². The lowest BCUT2D eigenvalue weighted by Crippen LogP contribution is -2.37. The fraction of sp³-hybridized carbons (Fsp3) is 0.235. The molecule has 8 heteroatoms. The van der Waals surface area contributed by atoms with Crippen LogP contribution in [0.5, 0.6) is 0 Å². The van der Waals surface area contributed by atoms with Crippen LogP contribution >= 0.6 is 11.6 Å². The number of hydrogen-bond acceptors (Lipinski definition) is 4. The molecule has 0 aliphatic heterocycles. The van der Waals surface area contributed by atoms with Gasteiger partial charge in [0.2, 0.25) is 0 Å². The highest BCUT2D eigenvalue weighted by atomic mass is 35.5. The van der Waals surface area contributed by atoms with Gasteiger partial charge in [0.05, 0.1) is 17.1 Å². The van der Waals surface area contributed by atoms with Crippen LogP contribution in [0.1, 0.15) is 34.5 Å². The number of nitrogens with one attached hydrogen (secondary N) is 1. The lowest BCUT2D eigenvalue weighted by molar-refractivity contribution is -0.385.